The maximum atomic E-state index is 12.1. The van der Waals surface area contributed by atoms with Crippen molar-refractivity contribution in [3.63, 3.8) is 0 Å². The Balaban J connectivity index is 2.12. The molecule has 0 spiro atoms. The third kappa shape index (κ3) is 2.97. The first-order valence-corrected chi connectivity index (χ1v) is 8.07. The number of urea groups is 1. The summed E-state index contributed by atoms with van der Waals surface area (Å²) >= 11 is 0. The average molecular weight is 324 g/mol. The number of esters is 1. The van der Waals surface area contributed by atoms with Gasteiger partial charge in [0.1, 0.15) is 6.10 Å². The molecule has 1 aliphatic heterocycles. The van der Waals surface area contributed by atoms with Crippen LogP contribution in [0.4, 0.5) is 16.2 Å². The maximum Gasteiger partial charge on any atom is 0.323 e. The molecule has 1 atom stereocenters. The lowest BCUT2D eigenvalue weighted by atomic mass is 10.0. The lowest BCUT2D eigenvalue weighted by Gasteiger charge is -2.23. The monoisotopic (exact) mass is 324 g/mol. The van der Waals surface area contributed by atoms with E-state index in [9.17, 15) is 9.59 Å². The number of ether oxygens (including phenoxy) is 1. The summed E-state index contributed by atoms with van der Waals surface area (Å²) in [6.07, 6.45) is 1.18. The van der Waals surface area contributed by atoms with Crippen LogP contribution in [0.15, 0.2) is 48.5 Å². The van der Waals surface area contributed by atoms with Gasteiger partial charge >= 0.3 is 12.0 Å². The fraction of sp³-hybridized carbons (Fsp3) is 0.263. The van der Waals surface area contributed by atoms with E-state index in [1.807, 2.05) is 55.5 Å². The molecule has 0 aromatic heterocycles. The van der Waals surface area contributed by atoms with Gasteiger partial charge in [-0.25, -0.2) is 4.79 Å². The molecule has 24 heavy (non-hydrogen) atoms. The molecule has 1 aliphatic rings. The van der Waals surface area contributed by atoms with E-state index in [2.05, 4.69) is 0 Å². The van der Waals surface area contributed by atoms with Gasteiger partial charge in [0.2, 0.25) is 0 Å². The van der Waals surface area contributed by atoms with Crippen molar-refractivity contribution >= 4 is 23.4 Å². The second kappa shape index (κ2) is 6.74. The van der Waals surface area contributed by atoms with Crippen molar-refractivity contribution in [1.29, 1.82) is 0 Å². The van der Waals surface area contributed by atoms with E-state index in [0.717, 1.165) is 23.2 Å². The Morgan fingerprint density at radius 1 is 1.12 bits per heavy atom. The predicted octanol–water partition coefficient (Wildman–Crippen LogP) is 3.84. The molecule has 5 nitrogen and oxygen atoms in total. The summed E-state index contributed by atoms with van der Waals surface area (Å²) < 4.78 is 5.71. The van der Waals surface area contributed by atoms with Crippen LogP contribution in [0.5, 0.6) is 0 Å². The maximum absolute atomic E-state index is 12.1. The molecule has 0 bridgehead atoms. The Labute approximate surface area is 141 Å². The summed E-state index contributed by atoms with van der Waals surface area (Å²) in [5, 5.41) is 0. The van der Waals surface area contributed by atoms with Crippen molar-refractivity contribution < 1.29 is 14.3 Å². The van der Waals surface area contributed by atoms with Gasteiger partial charge in [0, 0.05) is 18.4 Å². The van der Waals surface area contributed by atoms with Crippen LogP contribution in [0, 0.1) is 0 Å². The van der Waals surface area contributed by atoms with Gasteiger partial charge in [0.15, 0.2) is 0 Å². The van der Waals surface area contributed by atoms with Crippen molar-refractivity contribution in [2.45, 2.75) is 32.3 Å². The Kier molecular flexibility index (Phi) is 4.51. The van der Waals surface area contributed by atoms with Crippen LogP contribution in [0.3, 0.4) is 0 Å². The number of rotatable bonds is 3. The van der Waals surface area contributed by atoms with Crippen LogP contribution in [-0.4, -0.2) is 12.0 Å². The molecule has 2 aromatic rings. The highest BCUT2D eigenvalue weighted by atomic mass is 16.5. The number of nitrogens with two attached hydrogens (primary N) is 1. The van der Waals surface area contributed by atoms with Crippen LogP contribution >= 0.6 is 0 Å². The standard InChI is InChI=1S/C19H20N2O3/c1-2-7-18(22)24-17-12-13-8-3-5-10-15(13)21(19(20)23)16-11-6-4-9-14(16)17/h3-6,8-11,17H,2,7,12H2,1H3,(H2,20,23)/t17-/m1/s1. The van der Waals surface area contributed by atoms with Crippen LogP contribution in [0.2, 0.25) is 0 Å². The molecule has 0 unspecified atom stereocenters. The second-order valence-corrected chi connectivity index (χ2v) is 5.79. The minimum Gasteiger partial charge on any atom is -0.457 e. The van der Waals surface area contributed by atoms with Gasteiger partial charge < -0.3 is 10.5 Å². The number of carbonyl (C=O) groups is 2. The van der Waals surface area contributed by atoms with Gasteiger partial charge in [-0.3, -0.25) is 9.69 Å². The minimum absolute atomic E-state index is 0.234. The van der Waals surface area contributed by atoms with Gasteiger partial charge in [-0.15, -0.1) is 0 Å². The Hall–Kier alpha value is -2.82. The molecule has 2 aromatic carbocycles. The topological polar surface area (TPSA) is 72.6 Å². The highest BCUT2D eigenvalue weighted by Crippen LogP contribution is 2.41. The third-order valence-corrected chi connectivity index (χ3v) is 4.11. The van der Waals surface area contributed by atoms with Crippen molar-refractivity contribution in [3.8, 4) is 0 Å². The number of hydrogen-bond donors (Lipinski definition) is 1. The van der Waals surface area contributed by atoms with Crippen molar-refractivity contribution in [2.75, 3.05) is 4.90 Å². The summed E-state index contributed by atoms with van der Waals surface area (Å²) in [5.41, 5.74) is 8.73. The lowest BCUT2D eigenvalue weighted by Crippen LogP contribution is -2.32. The first-order chi connectivity index (χ1) is 11.6. The molecule has 0 fully saturated rings. The molecule has 1 heterocycles. The van der Waals surface area contributed by atoms with Gasteiger partial charge in [-0.2, -0.15) is 0 Å². The molecule has 5 heteroatoms. The van der Waals surface area contributed by atoms with Crippen molar-refractivity contribution in [3.05, 3.63) is 59.7 Å². The van der Waals surface area contributed by atoms with E-state index in [-0.39, 0.29) is 5.97 Å². The van der Waals surface area contributed by atoms with E-state index >= 15 is 0 Å². The summed E-state index contributed by atoms with van der Waals surface area (Å²) in [6.45, 7) is 1.94. The van der Waals surface area contributed by atoms with E-state index in [1.165, 1.54) is 4.90 Å². The molecule has 0 saturated heterocycles. The number of carbonyl (C=O) groups excluding carboxylic acids is 2. The summed E-state index contributed by atoms with van der Waals surface area (Å²) in [6, 6.07) is 14.4. The fourth-order valence-corrected chi connectivity index (χ4v) is 3.07. The van der Waals surface area contributed by atoms with Crippen LogP contribution in [0.25, 0.3) is 0 Å². The van der Waals surface area contributed by atoms with Gasteiger partial charge in [-0.05, 0) is 24.1 Å². The fourth-order valence-electron chi connectivity index (χ4n) is 3.07. The molecule has 2 amide bonds. The van der Waals surface area contributed by atoms with E-state index in [1.54, 1.807) is 0 Å². The smallest absolute Gasteiger partial charge is 0.323 e. The zero-order valence-corrected chi connectivity index (χ0v) is 13.6. The highest BCUT2D eigenvalue weighted by Gasteiger charge is 2.30. The molecule has 0 saturated carbocycles. The zero-order valence-electron chi connectivity index (χ0n) is 13.6. The first kappa shape index (κ1) is 16.1. The van der Waals surface area contributed by atoms with Gasteiger partial charge in [0.05, 0.1) is 11.4 Å². The third-order valence-electron chi connectivity index (χ3n) is 4.11. The number of amides is 2. The van der Waals surface area contributed by atoms with E-state index in [0.29, 0.717) is 18.5 Å². The number of benzene rings is 2. The van der Waals surface area contributed by atoms with E-state index in [4.69, 9.17) is 10.5 Å². The average Bonchev–Trinajstić information content (AvgIpc) is 2.69. The zero-order chi connectivity index (χ0) is 17.1. The minimum atomic E-state index is -0.560. The van der Waals surface area contributed by atoms with Gasteiger partial charge in [0.25, 0.3) is 0 Å². The first-order valence-electron chi connectivity index (χ1n) is 8.07. The van der Waals surface area contributed by atoms with Crippen LogP contribution < -0.4 is 10.6 Å². The molecular weight excluding hydrogens is 304 g/mol. The molecule has 3 rings (SSSR count). The number of para-hydroxylation sites is 2. The number of anilines is 2. The molecule has 124 valence electrons. The number of hydrogen-bond acceptors (Lipinski definition) is 3. The summed E-state index contributed by atoms with van der Waals surface area (Å²) in [5.74, 6) is -0.234. The molecular formula is C19H20N2O3. The van der Waals surface area contributed by atoms with Crippen molar-refractivity contribution in [2.24, 2.45) is 5.73 Å². The Morgan fingerprint density at radius 3 is 2.50 bits per heavy atom. The number of fused-ring (bicyclic) bond motifs is 2. The molecule has 0 aliphatic carbocycles. The van der Waals surface area contributed by atoms with Crippen LogP contribution in [-0.2, 0) is 16.0 Å². The quantitative estimate of drug-likeness (QED) is 0.872. The molecule has 2 N–H and O–H groups in total. The highest BCUT2D eigenvalue weighted by molar-refractivity contribution is 6.00. The lowest BCUT2D eigenvalue weighted by molar-refractivity contribution is -0.149. The van der Waals surface area contributed by atoms with Crippen LogP contribution in [0.1, 0.15) is 37.0 Å². The summed E-state index contributed by atoms with van der Waals surface area (Å²) in [7, 11) is 0. The molecule has 0 radical (unpaired) electrons. The largest absolute Gasteiger partial charge is 0.457 e. The number of nitrogens with zero attached hydrogens (tertiary/aromatic N) is 1. The normalized spacial score (nSPS) is 15.9. The van der Waals surface area contributed by atoms with Gasteiger partial charge in [-0.1, -0.05) is 43.3 Å². The summed E-state index contributed by atoms with van der Waals surface area (Å²) in [4.78, 5) is 25.6. The van der Waals surface area contributed by atoms with Crippen molar-refractivity contribution in [1.82, 2.24) is 0 Å². The SMILES string of the molecule is CCCC(=O)O[C@@H]1Cc2ccccc2N(C(N)=O)c2ccccc21. The van der Waals surface area contributed by atoms with E-state index < -0.39 is 12.1 Å². The number of primary amides is 1. The Morgan fingerprint density at radius 2 is 1.79 bits per heavy atom. The predicted molar refractivity (Wildman–Crippen MR) is 92.1 cm³/mol. The Bertz CT molecular complexity index is 773. The second-order valence-electron chi connectivity index (χ2n) is 5.79.